The number of carbonyl (C=O) groups is 1. The maximum Gasteiger partial charge on any atom is 0.355 e. The second-order valence-corrected chi connectivity index (χ2v) is 4.05. The molecule has 1 aromatic heterocycles. The summed E-state index contributed by atoms with van der Waals surface area (Å²) < 4.78 is 6.67. The van der Waals surface area contributed by atoms with Crippen LogP contribution in [-0.2, 0) is 20.9 Å². The van der Waals surface area contributed by atoms with Crippen LogP contribution in [0.1, 0.15) is 13.3 Å². The van der Waals surface area contributed by atoms with E-state index in [0.29, 0.717) is 18.7 Å². The second-order valence-electron chi connectivity index (χ2n) is 4.05. The Hall–Kier alpha value is -1.89. The molecule has 1 unspecified atom stereocenters. The van der Waals surface area contributed by atoms with E-state index < -0.39 is 11.6 Å². The fourth-order valence-corrected chi connectivity index (χ4v) is 1.83. The summed E-state index contributed by atoms with van der Waals surface area (Å²) in [6, 6.07) is 1.78. The highest BCUT2D eigenvalue weighted by molar-refractivity contribution is 5.94. The molecule has 1 aromatic rings. The molecule has 1 aliphatic heterocycles. The predicted molar refractivity (Wildman–Crippen MR) is 63.8 cm³/mol. The Balaban J connectivity index is 2.16. The Labute approximate surface area is 105 Å². The van der Waals surface area contributed by atoms with Crippen LogP contribution in [0.4, 0.5) is 0 Å². The van der Waals surface area contributed by atoms with Gasteiger partial charge >= 0.3 is 5.97 Å². The largest absolute Gasteiger partial charge is 0.463 e. The zero-order valence-corrected chi connectivity index (χ0v) is 10.2. The van der Waals surface area contributed by atoms with Crippen LogP contribution < -0.4 is 5.73 Å². The molecule has 1 aliphatic rings. The van der Waals surface area contributed by atoms with Crippen LogP contribution in [0.2, 0.25) is 0 Å². The molecule has 0 aromatic carbocycles. The molecule has 0 saturated carbocycles. The highest BCUT2D eigenvalue weighted by atomic mass is 16.7. The molecule has 98 valence electrons. The summed E-state index contributed by atoms with van der Waals surface area (Å²) in [5.41, 5.74) is 5.02. The molecular formula is C11H16N4O3. The Morgan fingerprint density at radius 1 is 1.72 bits per heavy atom. The highest BCUT2D eigenvalue weighted by Crippen LogP contribution is 2.27. The summed E-state index contributed by atoms with van der Waals surface area (Å²) in [6.45, 7) is 2.56. The molecule has 18 heavy (non-hydrogen) atoms. The van der Waals surface area contributed by atoms with Gasteiger partial charge < -0.3 is 15.3 Å². The zero-order valence-electron chi connectivity index (χ0n) is 10.2. The lowest BCUT2D eigenvalue weighted by Gasteiger charge is -2.23. The number of aromatic nitrogens is 2. The van der Waals surface area contributed by atoms with Gasteiger partial charge in [0.15, 0.2) is 0 Å². The van der Waals surface area contributed by atoms with E-state index in [4.69, 9.17) is 15.3 Å². The van der Waals surface area contributed by atoms with Crippen molar-refractivity contribution in [2.24, 2.45) is 10.9 Å². The Kier molecular flexibility index (Phi) is 3.61. The predicted octanol–water partition coefficient (Wildman–Crippen LogP) is -0.0800. The van der Waals surface area contributed by atoms with Crippen molar-refractivity contribution in [3.63, 3.8) is 0 Å². The number of oxime groups is 1. The lowest BCUT2D eigenvalue weighted by Crippen LogP contribution is -2.45. The van der Waals surface area contributed by atoms with Crippen LogP contribution in [0.5, 0.6) is 0 Å². The summed E-state index contributed by atoms with van der Waals surface area (Å²) in [7, 11) is 0. The van der Waals surface area contributed by atoms with Gasteiger partial charge in [0.25, 0.3) is 5.60 Å². The summed E-state index contributed by atoms with van der Waals surface area (Å²) in [5, 5.41) is 7.91. The first-order chi connectivity index (χ1) is 8.70. The first-order valence-electron chi connectivity index (χ1n) is 5.79. The molecule has 0 spiro atoms. The minimum atomic E-state index is -1.14. The van der Waals surface area contributed by atoms with E-state index in [1.54, 1.807) is 30.1 Å². The minimum Gasteiger partial charge on any atom is -0.463 e. The van der Waals surface area contributed by atoms with Crippen LogP contribution in [-0.4, -0.2) is 40.2 Å². The average Bonchev–Trinajstić information content (AvgIpc) is 3.00. The molecule has 1 atom stereocenters. The molecule has 7 heteroatoms. The van der Waals surface area contributed by atoms with E-state index in [1.807, 2.05) is 0 Å². The molecule has 0 fully saturated rings. The molecule has 0 amide bonds. The van der Waals surface area contributed by atoms with Crippen LogP contribution in [0.25, 0.3) is 0 Å². The number of rotatable bonds is 5. The molecular weight excluding hydrogens is 236 g/mol. The van der Waals surface area contributed by atoms with Crippen molar-refractivity contribution in [1.82, 2.24) is 9.78 Å². The van der Waals surface area contributed by atoms with Gasteiger partial charge in [-0.05, 0) is 13.0 Å². The molecule has 0 radical (unpaired) electrons. The fraction of sp³-hybridized carbons (Fsp3) is 0.545. The van der Waals surface area contributed by atoms with Gasteiger partial charge in [0.2, 0.25) is 0 Å². The summed E-state index contributed by atoms with van der Waals surface area (Å²) >= 11 is 0. The lowest BCUT2D eigenvalue weighted by molar-refractivity contribution is -0.171. The molecule has 0 saturated heterocycles. The van der Waals surface area contributed by atoms with Gasteiger partial charge in [0.05, 0.1) is 18.9 Å². The van der Waals surface area contributed by atoms with Gasteiger partial charge in [0, 0.05) is 25.4 Å². The number of esters is 1. The van der Waals surface area contributed by atoms with Crippen molar-refractivity contribution >= 4 is 11.7 Å². The monoisotopic (exact) mass is 252 g/mol. The fourth-order valence-electron chi connectivity index (χ4n) is 1.83. The zero-order chi connectivity index (χ0) is 13.0. The Morgan fingerprint density at radius 2 is 2.56 bits per heavy atom. The number of nitrogens with zero attached hydrogens (tertiary/aromatic N) is 3. The van der Waals surface area contributed by atoms with Gasteiger partial charge in [-0.3, -0.25) is 4.68 Å². The van der Waals surface area contributed by atoms with E-state index in [9.17, 15) is 4.79 Å². The molecule has 2 N–H and O–H groups in total. The van der Waals surface area contributed by atoms with Crippen LogP contribution >= 0.6 is 0 Å². The molecule has 2 heterocycles. The van der Waals surface area contributed by atoms with Crippen LogP contribution in [0.3, 0.4) is 0 Å². The number of carbonyl (C=O) groups excluding carboxylic acids is 1. The van der Waals surface area contributed by atoms with Crippen molar-refractivity contribution in [2.45, 2.75) is 25.5 Å². The van der Waals surface area contributed by atoms with Crippen molar-refractivity contribution in [3.05, 3.63) is 18.5 Å². The number of hydrogen-bond acceptors (Lipinski definition) is 6. The van der Waals surface area contributed by atoms with Gasteiger partial charge in [0.1, 0.15) is 0 Å². The van der Waals surface area contributed by atoms with Gasteiger partial charge in [-0.1, -0.05) is 5.16 Å². The highest BCUT2D eigenvalue weighted by Gasteiger charge is 2.48. The maximum absolute atomic E-state index is 12.1. The summed E-state index contributed by atoms with van der Waals surface area (Å²) in [4.78, 5) is 17.4. The lowest BCUT2D eigenvalue weighted by atomic mass is 9.97. The smallest absolute Gasteiger partial charge is 0.355 e. The average molecular weight is 252 g/mol. The third kappa shape index (κ3) is 2.35. The number of hydrogen-bond donors (Lipinski definition) is 1. The SMILES string of the molecule is CCOC(=O)C1(Cn2cccn2)CC(CN)=NO1. The van der Waals surface area contributed by atoms with Crippen molar-refractivity contribution < 1.29 is 14.4 Å². The van der Waals surface area contributed by atoms with Gasteiger partial charge in [-0.2, -0.15) is 5.10 Å². The maximum atomic E-state index is 12.1. The molecule has 2 rings (SSSR count). The summed E-state index contributed by atoms with van der Waals surface area (Å²) in [5.74, 6) is -0.437. The number of ether oxygens (including phenoxy) is 1. The quantitative estimate of drug-likeness (QED) is 0.740. The normalized spacial score (nSPS) is 22.4. The molecule has 0 bridgehead atoms. The Bertz CT molecular complexity index is 443. The number of nitrogens with two attached hydrogens (primary N) is 1. The second kappa shape index (κ2) is 5.18. The minimum absolute atomic E-state index is 0.256. The first kappa shape index (κ1) is 12.6. The van der Waals surface area contributed by atoms with E-state index in [1.165, 1.54) is 0 Å². The standard InChI is InChI=1S/C11H16N4O3/c1-2-17-10(16)11(6-9(7-12)14-18-11)8-15-5-3-4-13-15/h3-5H,2,6-8,12H2,1H3. The Morgan fingerprint density at radius 3 is 3.11 bits per heavy atom. The first-order valence-corrected chi connectivity index (χ1v) is 5.79. The van der Waals surface area contributed by atoms with Crippen LogP contribution in [0.15, 0.2) is 23.6 Å². The van der Waals surface area contributed by atoms with Crippen molar-refractivity contribution in [1.29, 1.82) is 0 Å². The van der Waals surface area contributed by atoms with Crippen LogP contribution in [0, 0.1) is 0 Å². The van der Waals surface area contributed by atoms with E-state index >= 15 is 0 Å². The summed E-state index contributed by atoms with van der Waals surface area (Å²) in [6.07, 6.45) is 3.73. The molecule has 0 aliphatic carbocycles. The third-order valence-electron chi connectivity index (χ3n) is 2.70. The van der Waals surface area contributed by atoms with Crippen molar-refractivity contribution in [2.75, 3.05) is 13.2 Å². The van der Waals surface area contributed by atoms with Gasteiger partial charge in [-0.15, -0.1) is 0 Å². The van der Waals surface area contributed by atoms with E-state index in [-0.39, 0.29) is 13.1 Å². The third-order valence-corrected chi connectivity index (χ3v) is 2.70. The van der Waals surface area contributed by atoms with E-state index in [0.717, 1.165) is 0 Å². The van der Waals surface area contributed by atoms with Gasteiger partial charge in [-0.25, -0.2) is 4.79 Å². The molecule has 7 nitrogen and oxygen atoms in total. The van der Waals surface area contributed by atoms with Crippen molar-refractivity contribution in [3.8, 4) is 0 Å². The van der Waals surface area contributed by atoms with E-state index in [2.05, 4.69) is 10.3 Å². The topological polar surface area (TPSA) is 91.7 Å².